The van der Waals surface area contributed by atoms with Gasteiger partial charge in [-0.25, -0.2) is 0 Å². The van der Waals surface area contributed by atoms with Crippen molar-refractivity contribution in [3.63, 3.8) is 0 Å². The van der Waals surface area contributed by atoms with E-state index in [1.165, 1.54) is 39.0 Å². The molecule has 3 aliphatic rings. The highest BCUT2D eigenvalue weighted by atomic mass is 16.5. The van der Waals surface area contributed by atoms with Gasteiger partial charge in [0, 0.05) is 37.6 Å². The first kappa shape index (κ1) is 13.8. The van der Waals surface area contributed by atoms with Gasteiger partial charge in [0.15, 0.2) is 0 Å². The standard InChI is InChI=1S/C15H29N3O/c1-13(18-9-5-16-6-10-18)15(11-19-12-15)14-3-7-17(2)8-4-14/h13-14,16H,3-12H2,1-2H3. The van der Waals surface area contributed by atoms with Crippen LogP contribution in [0.2, 0.25) is 0 Å². The molecule has 0 aromatic rings. The molecule has 0 spiro atoms. The molecule has 0 amide bonds. The van der Waals surface area contributed by atoms with Crippen molar-refractivity contribution in [2.45, 2.75) is 25.8 Å². The lowest BCUT2D eigenvalue weighted by molar-refractivity contribution is -0.190. The monoisotopic (exact) mass is 267 g/mol. The summed E-state index contributed by atoms with van der Waals surface area (Å²) in [6.45, 7) is 11.7. The number of rotatable bonds is 3. The van der Waals surface area contributed by atoms with Crippen molar-refractivity contribution in [2.75, 3.05) is 59.5 Å². The maximum atomic E-state index is 5.67. The van der Waals surface area contributed by atoms with E-state index in [0.29, 0.717) is 11.5 Å². The molecule has 0 saturated carbocycles. The van der Waals surface area contributed by atoms with Crippen LogP contribution < -0.4 is 5.32 Å². The minimum Gasteiger partial charge on any atom is -0.380 e. The summed E-state index contributed by atoms with van der Waals surface area (Å²) in [5.41, 5.74) is 0.443. The van der Waals surface area contributed by atoms with Gasteiger partial charge in [0.05, 0.1) is 13.2 Å². The molecule has 4 heteroatoms. The van der Waals surface area contributed by atoms with Crippen molar-refractivity contribution in [3.05, 3.63) is 0 Å². The largest absolute Gasteiger partial charge is 0.380 e. The quantitative estimate of drug-likeness (QED) is 0.812. The maximum Gasteiger partial charge on any atom is 0.0562 e. The highest BCUT2D eigenvalue weighted by molar-refractivity contribution is 5.01. The highest BCUT2D eigenvalue weighted by Crippen LogP contribution is 2.45. The Morgan fingerprint density at radius 2 is 1.74 bits per heavy atom. The molecule has 0 aliphatic carbocycles. The zero-order valence-electron chi connectivity index (χ0n) is 12.5. The van der Waals surface area contributed by atoms with E-state index < -0.39 is 0 Å². The van der Waals surface area contributed by atoms with E-state index in [-0.39, 0.29) is 0 Å². The molecule has 4 nitrogen and oxygen atoms in total. The van der Waals surface area contributed by atoms with Gasteiger partial charge in [-0.15, -0.1) is 0 Å². The van der Waals surface area contributed by atoms with E-state index in [1.807, 2.05) is 0 Å². The molecule has 0 bridgehead atoms. The molecular formula is C15H29N3O. The van der Waals surface area contributed by atoms with Gasteiger partial charge in [-0.2, -0.15) is 0 Å². The van der Waals surface area contributed by atoms with Crippen LogP contribution >= 0.6 is 0 Å². The van der Waals surface area contributed by atoms with E-state index in [1.54, 1.807) is 0 Å². The molecule has 1 unspecified atom stereocenters. The number of piperidine rings is 1. The zero-order chi connectivity index (χ0) is 13.3. The van der Waals surface area contributed by atoms with Crippen LogP contribution in [0.4, 0.5) is 0 Å². The fraction of sp³-hybridized carbons (Fsp3) is 1.00. The van der Waals surface area contributed by atoms with Crippen LogP contribution in [0, 0.1) is 11.3 Å². The van der Waals surface area contributed by atoms with E-state index >= 15 is 0 Å². The summed E-state index contributed by atoms with van der Waals surface area (Å²) in [5, 5.41) is 3.46. The first-order valence-corrected chi connectivity index (χ1v) is 7.93. The summed E-state index contributed by atoms with van der Waals surface area (Å²) in [6.07, 6.45) is 2.71. The maximum absolute atomic E-state index is 5.67. The van der Waals surface area contributed by atoms with Crippen molar-refractivity contribution in [2.24, 2.45) is 11.3 Å². The molecule has 3 fully saturated rings. The number of nitrogens with zero attached hydrogens (tertiary/aromatic N) is 2. The van der Waals surface area contributed by atoms with E-state index in [9.17, 15) is 0 Å². The Hall–Kier alpha value is -0.160. The molecule has 3 rings (SSSR count). The number of nitrogens with one attached hydrogen (secondary N) is 1. The topological polar surface area (TPSA) is 27.7 Å². The summed E-state index contributed by atoms with van der Waals surface area (Å²) in [6, 6.07) is 0.678. The summed E-state index contributed by atoms with van der Waals surface area (Å²) < 4.78 is 5.67. The first-order chi connectivity index (χ1) is 9.22. The van der Waals surface area contributed by atoms with E-state index in [2.05, 4.69) is 29.1 Å². The normalized spacial score (nSPS) is 31.9. The molecule has 0 aromatic carbocycles. The van der Waals surface area contributed by atoms with Gasteiger partial charge < -0.3 is 15.0 Å². The second kappa shape index (κ2) is 5.68. The minimum absolute atomic E-state index is 0.443. The number of ether oxygens (including phenoxy) is 1. The Balaban J connectivity index is 1.67. The molecule has 3 aliphatic heterocycles. The third-order valence-electron chi connectivity index (χ3n) is 5.80. The summed E-state index contributed by atoms with van der Waals surface area (Å²) >= 11 is 0. The van der Waals surface area contributed by atoms with Crippen molar-refractivity contribution < 1.29 is 4.74 Å². The SMILES string of the molecule is CC(N1CCNCC1)C1(C2CCN(C)CC2)COC1. The van der Waals surface area contributed by atoms with Crippen molar-refractivity contribution >= 4 is 0 Å². The highest BCUT2D eigenvalue weighted by Gasteiger charge is 2.51. The lowest BCUT2D eigenvalue weighted by Crippen LogP contribution is -2.64. The molecule has 1 atom stereocenters. The molecular weight excluding hydrogens is 238 g/mol. The average molecular weight is 267 g/mol. The second-order valence-electron chi connectivity index (χ2n) is 6.77. The van der Waals surface area contributed by atoms with Gasteiger partial charge in [0.25, 0.3) is 0 Å². The molecule has 0 radical (unpaired) electrons. The fourth-order valence-electron chi connectivity index (χ4n) is 4.17. The third kappa shape index (κ3) is 2.56. The second-order valence-corrected chi connectivity index (χ2v) is 6.77. The molecule has 3 saturated heterocycles. The van der Waals surface area contributed by atoms with Crippen LogP contribution in [0.15, 0.2) is 0 Å². The lowest BCUT2D eigenvalue weighted by Gasteiger charge is -2.56. The van der Waals surface area contributed by atoms with Crippen molar-refractivity contribution in [1.82, 2.24) is 15.1 Å². The van der Waals surface area contributed by atoms with Gasteiger partial charge in [0.1, 0.15) is 0 Å². The summed E-state index contributed by atoms with van der Waals surface area (Å²) in [7, 11) is 2.25. The van der Waals surface area contributed by atoms with Crippen LogP contribution in [-0.4, -0.2) is 75.4 Å². The number of hydrogen-bond donors (Lipinski definition) is 1. The Labute approximate surface area is 117 Å². The van der Waals surface area contributed by atoms with Gasteiger partial charge in [-0.3, -0.25) is 4.90 Å². The van der Waals surface area contributed by atoms with Crippen LogP contribution in [0.3, 0.4) is 0 Å². The summed E-state index contributed by atoms with van der Waals surface area (Å²) in [4.78, 5) is 5.16. The molecule has 3 heterocycles. The Bertz CT molecular complexity index is 292. The van der Waals surface area contributed by atoms with Gasteiger partial charge >= 0.3 is 0 Å². The predicted octanol–water partition coefficient (Wildman–Crippen LogP) is 0.639. The molecule has 19 heavy (non-hydrogen) atoms. The first-order valence-electron chi connectivity index (χ1n) is 7.93. The molecule has 110 valence electrons. The van der Waals surface area contributed by atoms with Gasteiger partial charge in [0.2, 0.25) is 0 Å². The lowest BCUT2D eigenvalue weighted by atomic mass is 9.64. The number of hydrogen-bond acceptors (Lipinski definition) is 4. The average Bonchev–Trinajstić information content (AvgIpc) is 2.40. The van der Waals surface area contributed by atoms with E-state index in [4.69, 9.17) is 4.74 Å². The van der Waals surface area contributed by atoms with Gasteiger partial charge in [-0.05, 0) is 45.8 Å². The van der Waals surface area contributed by atoms with Crippen molar-refractivity contribution in [1.29, 1.82) is 0 Å². The van der Waals surface area contributed by atoms with Gasteiger partial charge in [-0.1, -0.05) is 0 Å². The Morgan fingerprint density at radius 3 is 2.26 bits per heavy atom. The molecule has 1 N–H and O–H groups in total. The van der Waals surface area contributed by atoms with Crippen LogP contribution in [-0.2, 0) is 4.74 Å². The minimum atomic E-state index is 0.443. The Morgan fingerprint density at radius 1 is 1.11 bits per heavy atom. The van der Waals surface area contributed by atoms with Crippen LogP contribution in [0.5, 0.6) is 0 Å². The Kier molecular flexibility index (Phi) is 4.13. The summed E-state index contributed by atoms with van der Waals surface area (Å²) in [5.74, 6) is 0.863. The van der Waals surface area contributed by atoms with Crippen molar-refractivity contribution in [3.8, 4) is 0 Å². The molecule has 0 aromatic heterocycles. The zero-order valence-corrected chi connectivity index (χ0v) is 12.5. The predicted molar refractivity (Wildman–Crippen MR) is 77.4 cm³/mol. The smallest absolute Gasteiger partial charge is 0.0562 e. The fourth-order valence-corrected chi connectivity index (χ4v) is 4.17. The number of piperazine rings is 1. The van der Waals surface area contributed by atoms with Crippen LogP contribution in [0.25, 0.3) is 0 Å². The third-order valence-corrected chi connectivity index (χ3v) is 5.80. The van der Waals surface area contributed by atoms with Crippen LogP contribution in [0.1, 0.15) is 19.8 Å². The number of likely N-dealkylation sites (tertiary alicyclic amines) is 1. The van der Waals surface area contributed by atoms with E-state index in [0.717, 1.165) is 32.2 Å².